The topological polar surface area (TPSA) is 103 Å². The summed E-state index contributed by atoms with van der Waals surface area (Å²) in [5.74, 6) is 1.33. The first kappa shape index (κ1) is 20.7. The van der Waals surface area contributed by atoms with Crippen molar-refractivity contribution >= 4 is 21.6 Å². The van der Waals surface area contributed by atoms with Crippen LogP contribution < -0.4 is 24.3 Å². The molecular formula is C19H22N2O7S. The highest BCUT2D eigenvalue weighted by Crippen LogP contribution is 2.33. The molecule has 0 atom stereocenters. The summed E-state index contributed by atoms with van der Waals surface area (Å²) in [6.07, 6.45) is 0. The molecule has 1 amide bonds. The molecule has 2 aromatic carbocycles. The minimum Gasteiger partial charge on any atom is -0.497 e. The number of rotatable bonds is 7. The molecule has 0 fully saturated rings. The van der Waals surface area contributed by atoms with Gasteiger partial charge in [0.15, 0.2) is 11.5 Å². The van der Waals surface area contributed by atoms with E-state index >= 15 is 0 Å². The van der Waals surface area contributed by atoms with Crippen molar-refractivity contribution in [2.75, 3.05) is 46.3 Å². The number of nitrogens with zero attached hydrogens (tertiary/aromatic N) is 1. The van der Waals surface area contributed by atoms with Crippen LogP contribution in [-0.4, -0.2) is 59.7 Å². The smallest absolute Gasteiger partial charge is 0.243 e. The molecule has 10 heteroatoms. The van der Waals surface area contributed by atoms with Gasteiger partial charge in [0.1, 0.15) is 24.7 Å². The van der Waals surface area contributed by atoms with E-state index in [0.717, 1.165) is 4.31 Å². The summed E-state index contributed by atoms with van der Waals surface area (Å²) in [6.45, 7) is 0.378. The van der Waals surface area contributed by atoms with Crippen molar-refractivity contribution in [1.82, 2.24) is 4.31 Å². The zero-order chi connectivity index (χ0) is 21.0. The van der Waals surface area contributed by atoms with E-state index in [9.17, 15) is 13.2 Å². The minimum absolute atomic E-state index is 0.0140. The van der Waals surface area contributed by atoms with Crippen molar-refractivity contribution in [3.05, 3.63) is 36.4 Å². The quantitative estimate of drug-likeness (QED) is 0.725. The van der Waals surface area contributed by atoms with Crippen LogP contribution in [0.5, 0.6) is 23.0 Å². The average molecular weight is 422 g/mol. The molecule has 0 bridgehead atoms. The van der Waals surface area contributed by atoms with Crippen LogP contribution in [0.3, 0.4) is 0 Å². The van der Waals surface area contributed by atoms with Crippen molar-refractivity contribution in [2.45, 2.75) is 4.90 Å². The standard InChI is InChI=1S/C19H22N2O7S/c1-21(12-19(22)20-13-8-14(25-2)10-15(9-13)26-3)29(23,24)16-4-5-17-18(11-16)28-7-6-27-17/h4-5,8-11H,6-7,12H2,1-3H3,(H,20,22). The number of benzene rings is 2. The Hall–Kier alpha value is -2.98. The number of anilines is 1. The lowest BCUT2D eigenvalue weighted by molar-refractivity contribution is -0.116. The summed E-state index contributed by atoms with van der Waals surface area (Å²) in [4.78, 5) is 12.4. The molecule has 0 aromatic heterocycles. The van der Waals surface area contributed by atoms with E-state index in [2.05, 4.69) is 5.32 Å². The van der Waals surface area contributed by atoms with Crippen LogP contribution in [0.2, 0.25) is 0 Å². The van der Waals surface area contributed by atoms with Crippen LogP contribution in [0.4, 0.5) is 5.69 Å². The molecular weight excluding hydrogens is 400 g/mol. The molecule has 0 saturated carbocycles. The van der Waals surface area contributed by atoms with Gasteiger partial charge in [-0.1, -0.05) is 0 Å². The summed E-state index contributed by atoms with van der Waals surface area (Å²) in [6, 6.07) is 9.23. The van der Waals surface area contributed by atoms with Gasteiger partial charge in [0, 0.05) is 37.0 Å². The number of carbonyl (C=O) groups excluding carboxylic acids is 1. The molecule has 2 aromatic rings. The van der Waals surface area contributed by atoms with Crippen molar-refractivity contribution < 1.29 is 32.2 Å². The van der Waals surface area contributed by atoms with E-state index in [0.29, 0.717) is 41.9 Å². The van der Waals surface area contributed by atoms with E-state index in [1.54, 1.807) is 18.2 Å². The number of hydrogen-bond acceptors (Lipinski definition) is 7. The first-order valence-electron chi connectivity index (χ1n) is 8.72. The highest BCUT2D eigenvalue weighted by atomic mass is 32.2. The number of nitrogens with one attached hydrogen (secondary N) is 1. The Morgan fingerprint density at radius 2 is 1.66 bits per heavy atom. The third-order valence-electron chi connectivity index (χ3n) is 4.22. The van der Waals surface area contributed by atoms with Gasteiger partial charge in [0.2, 0.25) is 15.9 Å². The Bertz CT molecular complexity index is 985. The third-order valence-corrected chi connectivity index (χ3v) is 6.02. The number of likely N-dealkylation sites (N-methyl/N-ethyl adjacent to an activating group) is 1. The van der Waals surface area contributed by atoms with Crippen molar-refractivity contribution in [2.24, 2.45) is 0 Å². The Morgan fingerprint density at radius 3 is 2.28 bits per heavy atom. The number of methoxy groups -OCH3 is 2. The van der Waals surface area contributed by atoms with E-state index in [1.165, 1.54) is 39.5 Å². The van der Waals surface area contributed by atoms with Crippen molar-refractivity contribution in [3.8, 4) is 23.0 Å². The number of hydrogen-bond donors (Lipinski definition) is 1. The monoisotopic (exact) mass is 422 g/mol. The van der Waals surface area contributed by atoms with E-state index in [-0.39, 0.29) is 11.4 Å². The first-order valence-corrected chi connectivity index (χ1v) is 10.2. The third kappa shape index (κ3) is 4.72. The molecule has 1 N–H and O–H groups in total. The van der Waals surface area contributed by atoms with Crippen LogP contribution in [0.25, 0.3) is 0 Å². The van der Waals surface area contributed by atoms with Crippen molar-refractivity contribution in [1.29, 1.82) is 0 Å². The number of ether oxygens (including phenoxy) is 4. The van der Waals surface area contributed by atoms with Gasteiger partial charge in [-0.3, -0.25) is 4.79 Å². The molecule has 1 aliphatic rings. The van der Waals surface area contributed by atoms with Crippen LogP contribution >= 0.6 is 0 Å². The van der Waals surface area contributed by atoms with E-state index < -0.39 is 15.9 Å². The zero-order valence-corrected chi connectivity index (χ0v) is 17.1. The number of carbonyl (C=O) groups is 1. The maximum atomic E-state index is 12.8. The summed E-state index contributed by atoms with van der Waals surface area (Å²) >= 11 is 0. The van der Waals surface area contributed by atoms with Gasteiger partial charge in [-0.25, -0.2) is 8.42 Å². The van der Waals surface area contributed by atoms with Gasteiger partial charge >= 0.3 is 0 Å². The predicted molar refractivity (Wildman–Crippen MR) is 105 cm³/mol. The highest BCUT2D eigenvalue weighted by Gasteiger charge is 2.25. The molecule has 0 aliphatic carbocycles. The second-order valence-electron chi connectivity index (χ2n) is 6.22. The van der Waals surface area contributed by atoms with Crippen LogP contribution in [0.15, 0.2) is 41.3 Å². The van der Waals surface area contributed by atoms with Crippen LogP contribution in [0, 0.1) is 0 Å². The number of sulfonamides is 1. The van der Waals surface area contributed by atoms with Crippen LogP contribution in [0.1, 0.15) is 0 Å². The fourth-order valence-corrected chi connectivity index (χ4v) is 3.87. The Kier molecular flexibility index (Phi) is 6.14. The molecule has 1 heterocycles. The molecule has 0 spiro atoms. The number of fused-ring (bicyclic) bond motifs is 1. The molecule has 0 saturated heterocycles. The normalized spacial score (nSPS) is 13.1. The summed E-state index contributed by atoms with van der Waals surface area (Å²) in [5.41, 5.74) is 0.427. The van der Waals surface area contributed by atoms with Crippen LogP contribution in [-0.2, 0) is 14.8 Å². The number of amides is 1. The maximum Gasteiger partial charge on any atom is 0.243 e. The lowest BCUT2D eigenvalue weighted by Crippen LogP contribution is -2.35. The first-order chi connectivity index (χ1) is 13.8. The zero-order valence-electron chi connectivity index (χ0n) is 16.3. The van der Waals surface area contributed by atoms with E-state index in [4.69, 9.17) is 18.9 Å². The van der Waals surface area contributed by atoms with Gasteiger partial charge in [-0.15, -0.1) is 0 Å². The largest absolute Gasteiger partial charge is 0.497 e. The second kappa shape index (κ2) is 8.58. The Balaban J connectivity index is 1.72. The van der Waals surface area contributed by atoms with Gasteiger partial charge in [-0.2, -0.15) is 4.31 Å². The van der Waals surface area contributed by atoms with Crippen molar-refractivity contribution in [3.63, 3.8) is 0 Å². The SMILES string of the molecule is COc1cc(NC(=O)CN(C)S(=O)(=O)c2ccc3c(c2)OCCO3)cc(OC)c1. The summed E-state index contributed by atoms with van der Waals surface area (Å²) in [7, 11) is 0.422. The maximum absolute atomic E-state index is 12.8. The molecule has 1 aliphatic heterocycles. The fourth-order valence-electron chi connectivity index (χ4n) is 2.73. The van der Waals surface area contributed by atoms with E-state index in [1.807, 2.05) is 0 Å². The average Bonchev–Trinajstić information content (AvgIpc) is 2.72. The molecule has 3 rings (SSSR count). The molecule has 9 nitrogen and oxygen atoms in total. The lowest BCUT2D eigenvalue weighted by atomic mass is 10.2. The Morgan fingerprint density at radius 1 is 1.03 bits per heavy atom. The Labute approximate surface area is 169 Å². The summed E-state index contributed by atoms with van der Waals surface area (Å²) in [5, 5.41) is 2.65. The lowest BCUT2D eigenvalue weighted by Gasteiger charge is -2.21. The van der Waals surface area contributed by atoms with Gasteiger partial charge in [0.25, 0.3) is 0 Å². The molecule has 156 valence electrons. The fraction of sp³-hybridized carbons (Fsp3) is 0.316. The molecule has 0 radical (unpaired) electrons. The van der Waals surface area contributed by atoms with Gasteiger partial charge in [0.05, 0.1) is 25.7 Å². The van der Waals surface area contributed by atoms with Gasteiger partial charge in [-0.05, 0) is 12.1 Å². The second-order valence-corrected chi connectivity index (χ2v) is 8.26. The highest BCUT2D eigenvalue weighted by molar-refractivity contribution is 7.89. The summed E-state index contributed by atoms with van der Waals surface area (Å²) < 4.78 is 47.7. The van der Waals surface area contributed by atoms with Gasteiger partial charge < -0.3 is 24.3 Å². The predicted octanol–water partition coefficient (Wildman–Crippen LogP) is 1.73. The molecule has 0 unspecified atom stereocenters. The minimum atomic E-state index is -3.90. The molecule has 29 heavy (non-hydrogen) atoms.